The maximum Gasteiger partial charge on any atom is 0.437 e. The zero-order chi connectivity index (χ0) is 33.2. The van der Waals surface area contributed by atoms with Gasteiger partial charge in [-0.2, -0.15) is 29.0 Å². The molecule has 7 nitrogen and oxygen atoms in total. The third kappa shape index (κ3) is 7.17. The summed E-state index contributed by atoms with van der Waals surface area (Å²) in [4.78, 5) is 2.75. The normalized spacial score (nSPS) is 16.3. The molecule has 4 rings (SSSR count). The molecule has 1 atom stereocenters. The zero-order valence-corrected chi connectivity index (χ0v) is 25.1. The molecule has 3 aromatic rings. The number of halogens is 3. The maximum absolute atomic E-state index is 14.9. The topological polar surface area (TPSA) is 124 Å². The molecule has 3 aromatic carbocycles. The highest BCUT2D eigenvalue weighted by Crippen LogP contribution is 2.55. The number of rotatable bonds is 11. The largest absolute Gasteiger partial charge is 0.465 e. The van der Waals surface area contributed by atoms with E-state index in [1.807, 2.05) is 40.6 Å². The fourth-order valence-corrected chi connectivity index (χ4v) is 5.54. The maximum atomic E-state index is 14.9. The van der Waals surface area contributed by atoms with E-state index in [9.17, 15) is 39.2 Å². The van der Waals surface area contributed by atoms with Gasteiger partial charge in [0.2, 0.25) is 0 Å². The second-order valence-corrected chi connectivity index (χ2v) is 10.8. The first-order valence-electron chi connectivity index (χ1n) is 13.9. The summed E-state index contributed by atoms with van der Waals surface area (Å²) in [6.07, 6.45) is -0.571. The van der Waals surface area contributed by atoms with Crippen molar-refractivity contribution in [3.63, 3.8) is 0 Å². The Hall–Kier alpha value is -5.25. The molecule has 0 radical (unpaired) electrons. The van der Waals surface area contributed by atoms with Crippen LogP contribution in [0.2, 0.25) is 0 Å². The molecule has 0 aliphatic carbocycles. The number of anilines is 1. The van der Waals surface area contributed by atoms with Gasteiger partial charge >= 0.3 is 6.18 Å². The molecule has 0 aromatic heterocycles. The number of thioether (sulfide) groups is 1. The lowest BCUT2D eigenvalue weighted by molar-refractivity contribution is -0.249. The van der Waals surface area contributed by atoms with Crippen LogP contribution in [0.25, 0.3) is 12.2 Å². The van der Waals surface area contributed by atoms with E-state index >= 15 is 0 Å². The summed E-state index contributed by atoms with van der Waals surface area (Å²) in [5, 5.41) is 49.1. The smallest absolute Gasteiger partial charge is 0.437 e. The van der Waals surface area contributed by atoms with Crippen molar-refractivity contribution in [3.05, 3.63) is 130 Å². The SMILES string of the molecule is N#CC(C#N)=C1OC(c2ccccc2)(C(F)(F)F)C(/C=C/c2ccc(S/C=C/c3ccc(N(CCO)CCO)cc3)cc2)=C1C#N. The number of allylic oxidation sites excluding steroid dienone is 2. The molecular weight excluding hydrogens is 613 g/mol. The van der Waals surface area contributed by atoms with Crippen molar-refractivity contribution in [2.24, 2.45) is 0 Å². The van der Waals surface area contributed by atoms with Crippen LogP contribution in [0.3, 0.4) is 0 Å². The summed E-state index contributed by atoms with van der Waals surface area (Å²) in [7, 11) is 0. The van der Waals surface area contributed by atoms with E-state index in [4.69, 9.17) is 4.74 Å². The summed E-state index contributed by atoms with van der Waals surface area (Å²) >= 11 is 1.44. The molecule has 0 spiro atoms. The fraction of sp³-hybridized carbons (Fsp3) is 0.171. The third-order valence-electron chi connectivity index (χ3n) is 7.06. The number of nitrogens with zero attached hydrogens (tertiary/aromatic N) is 4. The van der Waals surface area contributed by atoms with Crippen molar-refractivity contribution in [3.8, 4) is 18.2 Å². The lowest BCUT2D eigenvalue weighted by atomic mass is 9.83. The van der Waals surface area contributed by atoms with Gasteiger partial charge in [-0.1, -0.05) is 78.5 Å². The van der Waals surface area contributed by atoms with Crippen molar-refractivity contribution in [1.29, 1.82) is 15.8 Å². The van der Waals surface area contributed by atoms with Crippen molar-refractivity contribution in [2.75, 3.05) is 31.2 Å². The van der Waals surface area contributed by atoms with Crippen molar-refractivity contribution < 1.29 is 28.1 Å². The van der Waals surface area contributed by atoms with Gasteiger partial charge in [0.25, 0.3) is 5.60 Å². The lowest BCUT2D eigenvalue weighted by Gasteiger charge is -2.33. The van der Waals surface area contributed by atoms with Crippen LogP contribution in [0.1, 0.15) is 16.7 Å². The van der Waals surface area contributed by atoms with Crippen LogP contribution in [-0.2, 0) is 10.3 Å². The average Bonchev–Trinajstić information content (AvgIpc) is 3.41. The van der Waals surface area contributed by atoms with Crippen molar-refractivity contribution in [1.82, 2.24) is 0 Å². The van der Waals surface area contributed by atoms with Crippen LogP contribution in [0, 0.1) is 34.0 Å². The number of hydrogen-bond acceptors (Lipinski definition) is 8. The standard InChI is InChI=1S/C35H27F3N4O3S/c36-35(37,38)34(28-4-2-1-3-5-28)32(31(24-41)33(45-34)27(22-39)23-40)15-10-25-8-13-30(14-9-25)46-21-16-26-6-11-29(12-7-26)42(17-19-43)18-20-44/h1-16,21,43-44H,17-20H2/b15-10+,21-16+. The first-order chi connectivity index (χ1) is 22.2. The third-order valence-corrected chi connectivity index (χ3v) is 7.87. The van der Waals surface area contributed by atoms with Gasteiger partial charge in [-0.05, 0) is 46.9 Å². The molecule has 0 fully saturated rings. The molecule has 1 unspecified atom stereocenters. The number of nitriles is 3. The Morgan fingerprint density at radius 1 is 0.826 bits per heavy atom. The Labute approximate surface area is 268 Å². The predicted molar refractivity (Wildman–Crippen MR) is 169 cm³/mol. The molecule has 46 heavy (non-hydrogen) atoms. The van der Waals surface area contributed by atoms with Crippen LogP contribution >= 0.6 is 11.8 Å². The highest BCUT2D eigenvalue weighted by Gasteiger charge is 2.65. The quantitative estimate of drug-likeness (QED) is 0.172. The molecule has 11 heteroatoms. The molecular formula is C35H27F3N4O3S. The molecule has 0 bridgehead atoms. The van der Waals surface area contributed by atoms with Gasteiger partial charge < -0.3 is 19.8 Å². The minimum atomic E-state index is -5.06. The van der Waals surface area contributed by atoms with E-state index < -0.39 is 34.3 Å². The summed E-state index contributed by atoms with van der Waals surface area (Å²) in [6, 6.07) is 26.3. The van der Waals surface area contributed by atoms with E-state index in [1.165, 1.54) is 54.2 Å². The summed E-state index contributed by atoms with van der Waals surface area (Å²) in [5.74, 6) is -0.714. The first kappa shape index (κ1) is 33.6. The zero-order valence-electron chi connectivity index (χ0n) is 24.3. The van der Waals surface area contributed by atoms with E-state index in [2.05, 4.69) is 0 Å². The second kappa shape index (κ2) is 15.2. The average molecular weight is 641 g/mol. The molecule has 1 heterocycles. The summed E-state index contributed by atoms with van der Waals surface area (Å²) in [5.41, 5.74) is -2.85. The van der Waals surface area contributed by atoms with Gasteiger partial charge in [0.15, 0.2) is 11.3 Å². The second-order valence-electron chi connectivity index (χ2n) is 9.82. The number of alkyl halides is 3. The molecule has 1 aliphatic heterocycles. The number of benzene rings is 3. The number of aliphatic hydroxyl groups excluding tert-OH is 2. The minimum absolute atomic E-state index is 0.0219. The molecule has 1 aliphatic rings. The van der Waals surface area contributed by atoms with Gasteiger partial charge in [0, 0.05) is 34.8 Å². The molecule has 2 N–H and O–H groups in total. The van der Waals surface area contributed by atoms with Crippen LogP contribution in [0.15, 0.2) is 118 Å². The van der Waals surface area contributed by atoms with Gasteiger partial charge in [-0.15, -0.1) is 0 Å². The number of ether oxygens (including phenoxy) is 1. The molecule has 0 saturated heterocycles. The molecule has 0 amide bonds. The molecule has 0 saturated carbocycles. The van der Waals surface area contributed by atoms with E-state index in [-0.39, 0.29) is 18.8 Å². The Morgan fingerprint density at radius 3 is 1.96 bits per heavy atom. The number of aliphatic hydroxyl groups is 2. The van der Waals surface area contributed by atoms with E-state index in [1.54, 1.807) is 36.4 Å². The Kier molecular flexibility index (Phi) is 11.1. The fourth-order valence-electron chi connectivity index (χ4n) is 4.87. The van der Waals surface area contributed by atoms with E-state index in [0.29, 0.717) is 18.7 Å². The van der Waals surface area contributed by atoms with Gasteiger partial charge in [-0.25, -0.2) is 0 Å². The summed E-state index contributed by atoms with van der Waals surface area (Å²) in [6.45, 7) is 0.788. The van der Waals surface area contributed by atoms with Crippen molar-refractivity contribution >= 4 is 29.6 Å². The Bertz CT molecular complexity index is 1760. The van der Waals surface area contributed by atoms with Crippen LogP contribution < -0.4 is 4.90 Å². The lowest BCUT2D eigenvalue weighted by Crippen LogP contribution is -2.43. The van der Waals surface area contributed by atoms with Crippen LogP contribution in [-0.4, -0.2) is 42.7 Å². The first-order valence-corrected chi connectivity index (χ1v) is 14.8. The number of hydrogen-bond donors (Lipinski definition) is 2. The van der Waals surface area contributed by atoms with Crippen LogP contribution in [0.5, 0.6) is 0 Å². The Balaban J connectivity index is 1.59. The van der Waals surface area contributed by atoms with Gasteiger partial charge in [-0.3, -0.25) is 0 Å². The Morgan fingerprint density at radius 2 is 1.41 bits per heavy atom. The van der Waals surface area contributed by atoms with Crippen LogP contribution in [0.4, 0.5) is 18.9 Å². The minimum Gasteiger partial charge on any atom is -0.465 e. The van der Waals surface area contributed by atoms with Gasteiger partial charge in [0.05, 0.1) is 13.2 Å². The van der Waals surface area contributed by atoms with E-state index in [0.717, 1.165) is 22.2 Å². The monoisotopic (exact) mass is 640 g/mol. The van der Waals surface area contributed by atoms with Crippen molar-refractivity contribution in [2.45, 2.75) is 16.7 Å². The highest BCUT2D eigenvalue weighted by molar-refractivity contribution is 8.02. The molecule has 232 valence electrons. The summed E-state index contributed by atoms with van der Waals surface area (Å²) < 4.78 is 50.2. The predicted octanol–water partition coefficient (Wildman–Crippen LogP) is 6.86. The van der Waals surface area contributed by atoms with Gasteiger partial charge in [0.1, 0.15) is 23.8 Å². The highest BCUT2D eigenvalue weighted by atomic mass is 32.2.